The Kier molecular flexibility index (Phi) is 7.71. The Hall–Kier alpha value is -1.57. The molecule has 0 aromatic carbocycles. The predicted molar refractivity (Wildman–Crippen MR) is 81.2 cm³/mol. The van der Waals surface area contributed by atoms with E-state index in [-0.39, 0.29) is 11.0 Å². The molecule has 1 aromatic heterocycles. The summed E-state index contributed by atoms with van der Waals surface area (Å²) in [5.41, 5.74) is 0. The van der Waals surface area contributed by atoms with E-state index in [2.05, 4.69) is 39.9 Å². The van der Waals surface area contributed by atoms with Gasteiger partial charge in [0.2, 0.25) is 5.91 Å². The van der Waals surface area contributed by atoms with E-state index in [0.29, 0.717) is 12.4 Å². The largest absolute Gasteiger partial charge is 0.303 e. The van der Waals surface area contributed by atoms with E-state index in [1.807, 2.05) is 0 Å². The number of tetrazole rings is 1. The van der Waals surface area contributed by atoms with Gasteiger partial charge in [0, 0.05) is 6.42 Å². The van der Waals surface area contributed by atoms with Gasteiger partial charge in [0.15, 0.2) is 5.11 Å². The molecule has 0 aliphatic carbocycles. The maximum atomic E-state index is 11.6. The number of anilines is 1. The van der Waals surface area contributed by atoms with E-state index in [0.717, 1.165) is 38.6 Å². The lowest BCUT2D eigenvalue weighted by Gasteiger charge is -2.05. The molecule has 0 atom stereocenters. The molecule has 0 saturated carbocycles. The number of carbonyl (C=O) groups excluding carboxylic acids is 1. The van der Waals surface area contributed by atoms with Crippen molar-refractivity contribution < 1.29 is 4.79 Å². The maximum absolute atomic E-state index is 11.6. The molecule has 2 N–H and O–H groups in total. The Morgan fingerprint density at radius 1 is 1.25 bits per heavy atom. The van der Waals surface area contributed by atoms with Gasteiger partial charge in [-0.25, -0.2) is 0 Å². The number of unbranched alkanes of at least 4 members (excludes halogenated alkanes) is 3. The van der Waals surface area contributed by atoms with Gasteiger partial charge in [-0.1, -0.05) is 38.2 Å². The van der Waals surface area contributed by atoms with Crippen LogP contribution in [0.1, 0.15) is 52.4 Å². The minimum atomic E-state index is -0.0886. The summed E-state index contributed by atoms with van der Waals surface area (Å²) in [5, 5.41) is 17.4. The summed E-state index contributed by atoms with van der Waals surface area (Å²) >= 11 is 5.03. The van der Waals surface area contributed by atoms with Crippen LogP contribution in [0.2, 0.25) is 0 Å². The van der Waals surface area contributed by atoms with Crippen LogP contribution in [0, 0.1) is 0 Å². The summed E-state index contributed by atoms with van der Waals surface area (Å²) in [6, 6.07) is 0. The zero-order chi connectivity index (χ0) is 14.8. The van der Waals surface area contributed by atoms with Crippen molar-refractivity contribution in [1.82, 2.24) is 25.5 Å². The van der Waals surface area contributed by atoms with Gasteiger partial charge in [-0.2, -0.15) is 4.80 Å². The van der Waals surface area contributed by atoms with E-state index in [1.54, 1.807) is 0 Å². The van der Waals surface area contributed by atoms with Gasteiger partial charge in [-0.05, 0) is 30.3 Å². The number of nitrogens with one attached hydrogen (secondary N) is 2. The van der Waals surface area contributed by atoms with Crippen LogP contribution in [-0.4, -0.2) is 31.2 Å². The minimum absolute atomic E-state index is 0.0886. The van der Waals surface area contributed by atoms with Crippen LogP contribution in [0.4, 0.5) is 5.95 Å². The molecule has 1 aromatic rings. The third-order valence-electron chi connectivity index (χ3n) is 2.65. The molecule has 0 fully saturated rings. The summed E-state index contributed by atoms with van der Waals surface area (Å²) in [6.45, 7) is 4.91. The fourth-order valence-corrected chi connectivity index (χ4v) is 1.75. The highest BCUT2D eigenvalue weighted by molar-refractivity contribution is 7.80. The summed E-state index contributed by atoms with van der Waals surface area (Å²) in [4.78, 5) is 13.1. The van der Waals surface area contributed by atoms with E-state index >= 15 is 0 Å². The number of aryl methyl sites for hydroxylation is 1. The van der Waals surface area contributed by atoms with Gasteiger partial charge in [-0.3, -0.25) is 10.1 Å². The molecule has 8 heteroatoms. The highest BCUT2D eigenvalue weighted by atomic mass is 32.1. The number of aromatic nitrogens is 4. The average molecular weight is 298 g/mol. The Balaban J connectivity index is 2.30. The van der Waals surface area contributed by atoms with Crippen molar-refractivity contribution in [3.05, 3.63) is 0 Å². The predicted octanol–water partition coefficient (Wildman–Crippen LogP) is 1.87. The summed E-state index contributed by atoms with van der Waals surface area (Å²) < 4.78 is 0. The first kappa shape index (κ1) is 16.5. The van der Waals surface area contributed by atoms with Crippen molar-refractivity contribution in [2.24, 2.45) is 0 Å². The van der Waals surface area contributed by atoms with E-state index in [1.165, 1.54) is 4.80 Å². The van der Waals surface area contributed by atoms with E-state index < -0.39 is 0 Å². The quantitative estimate of drug-likeness (QED) is 0.563. The maximum Gasteiger partial charge on any atom is 0.269 e. The number of hydrogen-bond acceptors (Lipinski definition) is 5. The molecular weight excluding hydrogens is 276 g/mol. The van der Waals surface area contributed by atoms with Crippen LogP contribution in [0.15, 0.2) is 0 Å². The molecule has 7 nitrogen and oxygen atoms in total. The Morgan fingerprint density at radius 2 is 2.00 bits per heavy atom. The highest BCUT2D eigenvalue weighted by Gasteiger charge is 2.07. The van der Waals surface area contributed by atoms with Gasteiger partial charge in [0.05, 0.1) is 6.54 Å². The lowest BCUT2D eigenvalue weighted by molar-refractivity contribution is -0.119. The summed E-state index contributed by atoms with van der Waals surface area (Å²) in [5.74, 6) is 0.217. The first-order chi connectivity index (χ1) is 9.65. The molecule has 0 radical (unpaired) electrons. The van der Waals surface area contributed by atoms with Crippen molar-refractivity contribution in [3.63, 3.8) is 0 Å². The van der Waals surface area contributed by atoms with Crippen molar-refractivity contribution in [1.29, 1.82) is 0 Å². The molecule has 0 bridgehead atoms. The van der Waals surface area contributed by atoms with Crippen molar-refractivity contribution in [2.75, 3.05) is 5.32 Å². The first-order valence-electron chi connectivity index (χ1n) is 7.04. The Morgan fingerprint density at radius 3 is 2.70 bits per heavy atom. The third-order valence-corrected chi connectivity index (χ3v) is 2.85. The lowest BCUT2D eigenvalue weighted by atomic mass is 10.2. The fourth-order valence-electron chi connectivity index (χ4n) is 1.55. The first-order valence-corrected chi connectivity index (χ1v) is 7.45. The summed E-state index contributed by atoms with van der Waals surface area (Å²) in [6.07, 6.45) is 5.54. The normalized spacial score (nSPS) is 10.3. The monoisotopic (exact) mass is 298 g/mol. The van der Waals surface area contributed by atoms with Gasteiger partial charge < -0.3 is 5.32 Å². The fraction of sp³-hybridized carbons (Fsp3) is 0.750. The third kappa shape index (κ3) is 6.55. The number of thiocarbonyl (C=S) groups is 1. The zero-order valence-corrected chi connectivity index (χ0v) is 12.9. The summed E-state index contributed by atoms with van der Waals surface area (Å²) in [7, 11) is 0. The second-order valence-electron chi connectivity index (χ2n) is 4.52. The highest BCUT2D eigenvalue weighted by Crippen LogP contribution is 1.99. The van der Waals surface area contributed by atoms with Gasteiger partial charge in [0.1, 0.15) is 0 Å². The Labute approximate surface area is 124 Å². The molecule has 0 aliphatic rings. The second kappa shape index (κ2) is 9.35. The lowest BCUT2D eigenvalue weighted by Crippen LogP contribution is -2.34. The van der Waals surface area contributed by atoms with Gasteiger partial charge in [-0.15, -0.1) is 5.10 Å². The van der Waals surface area contributed by atoms with Crippen LogP contribution in [0.3, 0.4) is 0 Å². The molecule has 1 amide bonds. The molecule has 0 spiro atoms. The van der Waals surface area contributed by atoms with Crippen molar-refractivity contribution >= 4 is 29.2 Å². The van der Waals surface area contributed by atoms with Gasteiger partial charge >= 0.3 is 0 Å². The van der Waals surface area contributed by atoms with Crippen LogP contribution < -0.4 is 10.6 Å². The molecule has 0 unspecified atom stereocenters. The number of amides is 1. The number of nitrogens with zero attached hydrogens (tertiary/aromatic N) is 4. The van der Waals surface area contributed by atoms with E-state index in [4.69, 9.17) is 12.2 Å². The minimum Gasteiger partial charge on any atom is -0.303 e. The van der Waals surface area contributed by atoms with Crippen LogP contribution >= 0.6 is 12.2 Å². The molecule has 1 rings (SSSR count). The van der Waals surface area contributed by atoms with Gasteiger partial charge in [0.25, 0.3) is 5.95 Å². The van der Waals surface area contributed by atoms with Crippen molar-refractivity contribution in [3.8, 4) is 0 Å². The molecule has 112 valence electrons. The standard InChI is InChI=1S/C12H22N6OS/c1-3-5-7-8-10(19)13-12(20)14-11-15-17-18(16-11)9-6-4-2/h3-9H2,1-2H3,(H2,13,14,16,19,20). The van der Waals surface area contributed by atoms with Crippen molar-refractivity contribution in [2.45, 2.75) is 58.9 Å². The number of hydrogen-bond donors (Lipinski definition) is 2. The second-order valence-corrected chi connectivity index (χ2v) is 4.93. The van der Waals surface area contributed by atoms with Crippen LogP contribution in [-0.2, 0) is 11.3 Å². The molecule has 20 heavy (non-hydrogen) atoms. The smallest absolute Gasteiger partial charge is 0.269 e. The SMILES string of the molecule is CCCCCC(=O)NC(=S)Nc1nnn(CCCC)n1. The average Bonchev–Trinajstić information content (AvgIpc) is 2.84. The van der Waals surface area contributed by atoms with E-state index in [9.17, 15) is 4.79 Å². The van der Waals surface area contributed by atoms with Crippen LogP contribution in [0.5, 0.6) is 0 Å². The topological polar surface area (TPSA) is 84.7 Å². The molecule has 1 heterocycles. The van der Waals surface area contributed by atoms with Crippen LogP contribution in [0.25, 0.3) is 0 Å². The number of carbonyl (C=O) groups is 1. The molecule has 0 aliphatic heterocycles. The zero-order valence-electron chi connectivity index (χ0n) is 12.1. The molecule has 0 saturated heterocycles. The number of rotatable bonds is 8. The Bertz CT molecular complexity index is 433. The molecular formula is C12H22N6OS.